The van der Waals surface area contributed by atoms with Gasteiger partial charge in [-0.1, -0.05) is 0 Å². The van der Waals surface area contributed by atoms with E-state index in [1.54, 1.807) is 11.3 Å². The van der Waals surface area contributed by atoms with Gasteiger partial charge in [0.05, 0.1) is 10.6 Å². The second-order valence-electron chi connectivity index (χ2n) is 3.15. The Bertz CT molecular complexity index is 228. The first-order valence-corrected chi connectivity index (χ1v) is 4.77. The predicted octanol–water partition coefficient (Wildman–Crippen LogP) is 1.60. The van der Waals surface area contributed by atoms with Gasteiger partial charge in [0, 0.05) is 18.0 Å². The highest BCUT2D eigenvalue weighted by Crippen LogP contribution is 2.39. The molecule has 1 saturated carbocycles. The predicted molar refractivity (Wildman–Crippen MR) is 44.6 cm³/mol. The van der Waals surface area contributed by atoms with Crippen LogP contribution in [0.15, 0.2) is 11.6 Å². The molecule has 0 amide bonds. The van der Waals surface area contributed by atoms with E-state index in [0.717, 1.165) is 30.7 Å². The zero-order valence-corrected chi connectivity index (χ0v) is 7.10. The molecule has 1 aromatic heterocycles. The van der Waals surface area contributed by atoms with E-state index in [1.165, 1.54) is 0 Å². The van der Waals surface area contributed by atoms with Crippen LogP contribution in [0.5, 0.6) is 0 Å². The molecule has 1 aliphatic rings. The number of thiazole rings is 1. The molecule has 2 nitrogen and oxygen atoms in total. The lowest BCUT2D eigenvalue weighted by atomic mass is 10.2. The highest BCUT2D eigenvalue weighted by Gasteiger charge is 2.39. The van der Waals surface area contributed by atoms with E-state index in [1.807, 2.05) is 11.6 Å². The van der Waals surface area contributed by atoms with Gasteiger partial charge in [0.25, 0.3) is 0 Å². The Morgan fingerprint density at radius 1 is 1.64 bits per heavy atom. The first-order valence-electron chi connectivity index (χ1n) is 3.89. The summed E-state index contributed by atoms with van der Waals surface area (Å²) in [5, 5.41) is 12.6. The monoisotopic (exact) mass is 169 g/mol. The van der Waals surface area contributed by atoms with Crippen LogP contribution in [0.1, 0.15) is 24.3 Å². The Balaban J connectivity index is 1.83. The van der Waals surface area contributed by atoms with E-state index in [-0.39, 0.29) is 5.60 Å². The van der Waals surface area contributed by atoms with Gasteiger partial charge in [-0.25, -0.2) is 4.98 Å². The first kappa shape index (κ1) is 7.25. The topological polar surface area (TPSA) is 33.1 Å². The van der Waals surface area contributed by atoms with E-state index in [9.17, 15) is 5.11 Å². The molecule has 0 saturated heterocycles. The summed E-state index contributed by atoms with van der Waals surface area (Å²) in [4.78, 5) is 4.15. The quantitative estimate of drug-likeness (QED) is 0.745. The van der Waals surface area contributed by atoms with Crippen molar-refractivity contribution in [1.29, 1.82) is 0 Å². The van der Waals surface area contributed by atoms with Crippen molar-refractivity contribution in [2.75, 3.05) is 0 Å². The summed E-state index contributed by atoms with van der Waals surface area (Å²) in [5.74, 6) is 0. The summed E-state index contributed by atoms with van der Waals surface area (Å²) in [6.45, 7) is 0. The molecule has 0 spiro atoms. The molecule has 0 aromatic carbocycles. The van der Waals surface area contributed by atoms with Crippen molar-refractivity contribution in [2.24, 2.45) is 0 Å². The van der Waals surface area contributed by atoms with Gasteiger partial charge < -0.3 is 5.11 Å². The van der Waals surface area contributed by atoms with Crippen LogP contribution in [0.3, 0.4) is 0 Å². The lowest BCUT2D eigenvalue weighted by Gasteiger charge is -2.03. The molecule has 0 aliphatic heterocycles. The third kappa shape index (κ3) is 1.79. The highest BCUT2D eigenvalue weighted by molar-refractivity contribution is 7.09. The smallest absolute Gasteiger partial charge is 0.0925 e. The van der Waals surface area contributed by atoms with Crippen LogP contribution in [0.2, 0.25) is 0 Å². The van der Waals surface area contributed by atoms with E-state index in [2.05, 4.69) is 4.98 Å². The van der Waals surface area contributed by atoms with Crippen LogP contribution in [-0.4, -0.2) is 15.7 Å². The van der Waals surface area contributed by atoms with Gasteiger partial charge in [-0.3, -0.25) is 0 Å². The third-order valence-electron chi connectivity index (χ3n) is 2.11. The Kier molecular flexibility index (Phi) is 1.69. The summed E-state index contributed by atoms with van der Waals surface area (Å²) in [6, 6.07) is 0. The van der Waals surface area contributed by atoms with E-state index in [4.69, 9.17) is 0 Å². The van der Waals surface area contributed by atoms with Crippen molar-refractivity contribution in [2.45, 2.75) is 31.3 Å². The minimum Gasteiger partial charge on any atom is -0.390 e. The van der Waals surface area contributed by atoms with Crippen molar-refractivity contribution < 1.29 is 5.11 Å². The molecule has 2 rings (SSSR count). The number of aryl methyl sites for hydroxylation is 1. The van der Waals surface area contributed by atoms with Crippen LogP contribution in [-0.2, 0) is 6.42 Å². The molecular weight excluding hydrogens is 158 g/mol. The summed E-state index contributed by atoms with van der Waals surface area (Å²) in [7, 11) is 0. The minimum atomic E-state index is -0.314. The maximum atomic E-state index is 9.50. The van der Waals surface area contributed by atoms with Crippen molar-refractivity contribution in [3.8, 4) is 0 Å². The second-order valence-corrected chi connectivity index (χ2v) is 4.13. The fourth-order valence-corrected chi connectivity index (χ4v) is 1.73. The van der Waals surface area contributed by atoms with Crippen molar-refractivity contribution >= 4 is 11.3 Å². The summed E-state index contributed by atoms with van der Waals surface area (Å²) in [6.07, 6.45) is 5.61. The van der Waals surface area contributed by atoms with Gasteiger partial charge in [0.2, 0.25) is 0 Å². The van der Waals surface area contributed by atoms with Crippen LogP contribution < -0.4 is 0 Å². The second kappa shape index (κ2) is 2.57. The van der Waals surface area contributed by atoms with Crippen LogP contribution in [0.25, 0.3) is 0 Å². The van der Waals surface area contributed by atoms with E-state index in [0.29, 0.717) is 0 Å². The fraction of sp³-hybridized carbons (Fsp3) is 0.625. The van der Waals surface area contributed by atoms with Crippen molar-refractivity contribution in [3.63, 3.8) is 0 Å². The first-order chi connectivity index (χ1) is 5.29. The number of hydrogen-bond acceptors (Lipinski definition) is 3. The molecule has 3 heteroatoms. The lowest BCUT2D eigenvalue weighted by molar-refractivity contribution is 0.140. The molecular formula is C8H11NOS. The number of nitrogens with zero attached hydrogens (tertiary/aromatic N) is 1. The zero-order valence-electron chi connectivity index (χ0n) is 6.29. The maximum Gasteiger partial charge on any atom is 0.0925 e. The molecule has 1 aromatic rings. The Hall–Kier alpha value is -0.410. The average molecular weight is 169 g/mol. The zero-order chi connectivity index (χ0) is 7.73. The largest absolute Gasteiger partial charge is 0.390 e. The molecule has 1 aliphatic carbocycles. The molecule has 0 bridgehead atoms. The summed E-state index contributed by atoms with van der Waals surface area (Å²) >= 11 is 1.67. The molecule has 60 valence electrons. The van der Waals surface area contributed by atoms with Crippen molar-refractivity contribution in [3.05, 3.63) is 16.6 Å². The Morgan fingerprint density at radius 2 is 2.45 bits per heavy atom. The van der Waals surface area contributed by atoms with Gasteiger partial charge >= 0.3 is 0 Å². The van der Waals surface area contributed by atoms with Crippen molar-refractivity contribution in [1.82, 2.24) is 4.98 Å². The highest BCUT2D eigenvalue weighted by atomic mass is 32.1. The molecule has 0 radical (unpaired) electrons. The van der Waals surface area contributed by atoms with Gasteiger partial charge in [-0.05, 0) is 19.3 Å². The molecule has 0 unspecified atom stereocenters. The van der Waals surface area contributed by atoms with E-state index >= 15 is 0 Å². The number of rotatable bonds is 3. The molecule has 1 fully saturated rings. The van der Waals surface area contributed by atoms with Gasteiger partial charge in [-0.2, -0.15) is 0 Å². The maximum absolute atomic E-state index is 9.50. The van der Waals surface area contributed by atoms with Gasteiger partial charge in [-0.15, -0.1) is 11.3 Å². The van der Waals surface area contributed by atoms with Crippen LogP contribution >= 0.6 is 11.3 Å². The minimum absolute atomic E-state index is 0.314. The fourth-order valence-electron chi connectivity index (χ4n) is 1.11. The molecule has 1 heterocycles. The number of aliphatic hydroxyl groups is 1. The summed E-state index contributed by atoms with van der Waals surface area (Å²) < 4.78 is 0. The van der Waals surface area contributed by atoms with E-state index < -0.39 is 0 Å². The number of hydrogen-bond donors (Lipinski definition) is 1. The number of aromatic nitrogens is 1. The normalized spacial score (nSPS) is 20.1. The lowest BCUT2D eigenvalue weighted by Crippen LogP contribution is -2.07. The molecule has 11 heavy (non-hydrogen) atoms. The standard InChI is InChI=1S/C8H11NOS/c10-8(3-4-8)2-1-7-9-5-6-11-7/h5-6,10H,1-4H2. The SMILES string of the molecule is OC1(CCc2nccs2)CC1. The molecule has 1 N–H and O–H groups in total. The summed E-state index contributed by atoms with van der Waals surface area (Å²) in [5.41, 5.74) is -0.314. The Labute approximate surface area is 69.9 Å². The third-order valence-corrected chi connectivity index (χ3v) is 2.95. The van der Waals surface area contributed by atoms with Gasteiger partial charge in [0.15, 0.2) is 0 Å². The Morgan fingerprint density at radius 3 is 3.00 bits per heavy atom. The van der Waals surface area contributed by atoms with Gasteiger partial charge in [0.1, 0.15) is 0 Å². The molecule has 0 atom stereocenters. The van der Waals surface area contributed by atoms with Crippen LogP contribution in [0, 0.1) is 0 Å². The average Bonchev–Trinajstić information content (AvgIpc) is 2.53. The van der Waals surface area contributed by atoms with Crippen LogP contribution in [0.4, 0.5) is 0 Å².